The Labute approximate surface area is 152 Å². The monoisotopic (exact) mass is 390 g/mol. The van der Waals surface area contributed by atoms with Crippen molar-refractivity contribution in [3.05, 3.63) is 32.6 Å². The number of nitrogens with zero attached hydrogens (tertiary/aromatic N) is 1. The van der Waals surface area contributed by atoms with Crippen molar-refractivity contribution in [1.82, 2.24) is 9.55 Å². The van der Waals surface area contributed by atoms with Crippen molar-refractivity contribution in [1.29, 1.82) is 0 Å². The number of aromatic amines is 1. The average molecular weight is 390 g/mol. The van der Waals surface area contributed by atoms with Crippen LogP contribution in [0.2, 0.25) is 0 Å². The fourth-order valence-corrected chi connectivity index (χ4v) is 3.15. The van der Waals surface area contributed by atoms with Crippen molar-refractivity contribution < 1.29 is 39.7 Å². The van der Waals surface area contributed by atoms with Crippen molar-refractivity contribution in [3.8, 4) is 0 Å². The second-order valence-corrected chi connectivity index (χ2v) is 6.52. The zero-order valence-corrected chi connectivity index (χ0v) is 14.3. The number of rotatable bonds is 5. The summed E-state index contributed by atoms with van der Waals surface area (Å²) in [7, 11) is 0. The van der Waals surface area contributed by atoms with Crippen LogP contribution in [0, 0.1) is 6.92 Å². The Bertz CT molecular complexity index is 779. The first kappa shape index (κ1) is 20.1. The van der Waals surface area contributed by atoms with Gasteiger partial charge in [-0.25, -0.2) is 4.79 Å². The smallest absolute Gasteiger partial charge is 0.330 e. The first-order valence-corrected chi connectivity index (χ1v) is 8.32. The van der Waals surface area contributed by atoms with Crippen LogP contribution in [0.3, 0.4) is 0 Å². The number of H-pyrrole nitrogens is 1. The Morgan fingerprint density at radius 2 is 1.70 bits per heavy atom. The van der Waals surface area contributed by atoms with Crippen molar-refractivity contribution in [2.24, 2.45) is 0 Å². The van der Waals surface area contributed by atoms with E-state index in [-0.39, 0.29) is 5.56 Å². The molecule has 1 aromatic heterocycles. The molecule has 6 N–H and O–H groups in total. The third kappa shape index (κ3) is 3.58. The lowest BCUT2D eigenvalue weighted by atomic mass is 10.1. The van der Waals surface area contributed by atoms with Crippen LogP contribution in [-0.2, 0) is 14.2 Å². The van der Waals surface area contributed by atoms with Gasteiger partial charge in [0, 0.05) is 11.8 Å². The molecule has 8 atom stereocenters. The number of aliphatic hydroxyl groups excluding tert-OH is 5. The summed E-state index contributed by atoms with van der Waals surface area (Å²) >= 11 is 0. The fraction of sp³-hybridized carbons (Fsp3) is 0.733. The van der Waals surface area contributed by atoms with Crippen molar-refractivity contribution in [3.63, 3.8) is 0 Å². The maximum Gasteiger partial charge on any atom is 0.330 e. The van der Waals surface area contributed by atoms with Crippen LogP contribution in [0.1, 0.15) is 11.8 Å². The highest BCUT2D eigenvalue weighted by Gasteiger charge is 2.51. The normalized spacial score (nSPS) is 39.2. The predicted molar refractivity (Wildman–Crippen MR) is 85.7 cm³/mol. The van der Waals surface area contributed by atoms with E-state index in [9.17, 15) is 30.0 Å². The molecule has 0 radical (unpaired) electrons. The van der Waals surface area contributed by atoms with Crippen LogP contribution in [0.4, 0.5) is 0 Å². The van der Waals surface area contributed by atoms with Crippen molar-refractivity contribution in [2.75, 3.05) is 13.2 Å². The highest BCUT2D eigenvalue weighted by Crippen LogP contribution is 2.34. The van der Waals surface area contributed by atoms with Crippen LogP contribution in [0.25, 0.3) is 0 Å². The largest absolute Gasteiger partial charge is 0.394 e. The lowest BCUT2D eigenvalue weighted by molar-refractivity contribution is -0.220. The number of aliphatic hydroxyl groups is 5. The summed E-state index contributed by atoms with van der Waals surface area (Å²) in [6.07, 6.45) is -9.25. The number of aryl methyl sites for hydroxylation is 1. The van der Waals surface area contributed by atoms with Gasteiger partial charge in [0.05, 0.1) is 13.2 Å². The number of nitrogens with one attached hydrogen (secondary N) is 1. The van der Waals surface area contributed by atoms with E-state index in [1.165, 1.54) is 13.1 Å². The van der Waals surface area contributed by atoms with Gasteiger partial charge in [-0.15, -0.1) is 0 Å². The SMILES string of the molecule is Cc1cn([C@@H]2O[C@H](CO)[C@@H](O)[C@H]2O[C@@H]2O[C@H](CO)[C@@H](O)[C@H]2O)c(=O)[nH]c1=O. The summed E-state index contributed by atoms with van der Waals surface area (Å²) in [4.78, 5) is 25.8. The van der Waals surface area contributed by atoms with E-state index < -0.39 is 73.6 Å². The van der Waals surface area contributed by atoms with E-state index in [0.29, 0.717) is 0 Å². The molecule has 2 saturated heterocycles. The van der Waals surface area contributed by atoms with E-state index in [1.54, 1.807) is 0 Å². The number of aromatic nitrogens is 2. The van der Waals surface area contributed by atoms with Gasteiger partial charge >= 0.3 is 5.69 Å². The van der Waals surface area contributed by atoms with Gasteiger partial charge in [0.2, 0.25) is 0 Å². The fourth-order valence-electron chi connectivity index (χ4n) is 3.15. The van der Waals surface area contributed by atoms with Crippen LogP contribution in [-0.4, -0.2) is 91.2 Å². The summed E-state index contributed by atoms with van der Waals surface area (Å²) in [6.45, 7) is 0.319. The Morgan fingerprint density at radius 1 is 1.07 bits per heavy atom. The van der Waals surface area contributed by atoms with E-state index >= 15 is 0 Å². The third-order valence-electron chi connectivity index (χ3n) is 4.70. The van der Waals surface area contributed by atoms with Gasteiger partial charge in [0.15, 0.2) is 12.5 Å². The zero-order valence-electron chi connectivity index (χ0n) is 14.3. The summed E-state index contributed by atoms with van der Waals surface area (Å²) < 4.78 is 17.2. The predicted octanol–water partition coefficient (Wildman–Crippen LogP) is -4.08. The number of hydrogen-bond acceptors (Lipinski definition) is 10. The maximum atomic E-state index is 12.2. The van der Waals surface area contributed by atoms with E-state index in [2.05, 4.69) is 4.98 Å². The molecule has 12 heteroatoms. The van der Waals surface area contributed by atoms with E-state index in [0.717, 1.165) is 4.57 Å². The molecule has 0 amide bonds. The maximum absolute atomic E-state index is 12.2. The second-order valence-electron chi connectivity index (χ2n) is 6.52. The van der Waals surface area contributed by atoms with Crippen LogP contribution < -0.4 is 11.2 Å². The lowest BCUT2D eigenvalue weighted by Gasteiger charge is -2.26. The van der Waals surface area contributed by atoms with Crippen LogP contribution in [0.15, 0.2) is 15.8 Å². The van der Waals surface area contributed by atoms with Gasteiger partial charge in [-0.2, -0.15) is 0 Å². The Kier molecular flexibility index (Phi) is 5.79. The molecular formula is C15H22N2O10. The van der Waals surface area contributed by atoms with Crippen LogP contribution in [0.5, 0.6) is 0 Å². The highest BCUT2D eigenvalue weighted by molar-refractivity contribution is 5.03. The summed E-state index contributed by atoms with van der Waals surface area (Å²) in [5, 5.41) is 48.8. The van der Waals surface area contributed by atoms with Gasteiger partial charge in [0.25, 0.3) is 5.56 Å². The molecule has 152 valence electrons. The first-order valence-electron chi connectivity index (χ1n) is 8.32. The van der Waals surface area contributed by atoms with Gasteiger partial charge in [-0.1, -0.05) is 0 Å². The minimum Gasteiger partial charge on any atom is -0.394 e. The molecule has 1 aromatic rings. The molecule has 0 spiro atoms. The van der Waals surface area contributed by atoms with Crippen LogP contribution >= 0.6 is 0 Å². The van der Waals surface area contributed by atoms with Gasteiger partial charge < -0.3 is 39.7 Å². The molecule has 3 rings (SSSR count). The Morgan fingerprint density at radius 3 is 2.30 bits per heavy atom. The Balaban J connectivity index is 1.90. The summed E-state index contributed by atoms with van der Waals surface area (Å²) in [6, 6.07) is 0. The quantitative estimate of drug-likeness (QED) is 0.289. The van der Waals surface area contributed by atoms with E-state index in [4.69, 9.17) is 19.3 Å². The molecule has 2 aliphatic heterocycles. The topological polar surface area (TPSA) is 184 Å². The van der Waals surface area contributed by atoms with Gasteiger partial charge in [-0.3, -0.25) is 14.3 Å². The molecule has 2 fully saturated rings. The van der Waals surface area contributed by atoms with Crippen molar-refractivity contribution in [2.45, 2.75) is 56.1 Å². The standard InChI is InChI=1S/C15H22N2O10/c1-5-2-17(15(24)16-12(5)23)13-11(9(21)7(4-19)25-13)27-14-10(22)8(20)6(3-18)26-14/h2,6-11,13-14,18-22H,3-4H2,1H3,(H,16,23,24)/t6-,7-,8-,9-,10-,11-,13-,14+/m1/s1. The summed E-state index contributed by atoms with van der Waals surface area (Å²) in [5.41, 5.74) is -1.21. The number of ether oxygens (including phenoxy) is 3. The molecule has 27 heavy (non-hydrogen) atoms. The molecule has 2 aliphatic rings. The van der Waals surface area contributed by atoms with Gasteiger partial charge in [-0.05, 0) is 6.92 Å². The number of hydrogen-bond donors (Lipinski definition) is 6. The average Bonchev–Trinajstić information content (AvgIpc) is 3.09. The van der Waals surface area contributed by atoms with Crippen molar-refractivity contribution >= 4 is 0 Å². The molecule has 0 saturated carbocycles. The first-order chi connectivity index (χ1) is 12.8. The minimum absolute atomic E-state index is 0.201. The molecular weight excluding hydrogens is 368 g/mol. The molecule has 0 aromatic carbocycles. The zero-order chi connectivity index (χ0) is 19.9. The molecule has 3 heterocycles. The lowest BCUT2D eigenvalue weighted by Crippen LogP contribution is -2.44. The molecule has 0 aliphatic carbocycles. The second kappa shape index (κ2) is 7.77. The highest BCUT2D eigenvalue weighted by atomic mass is 16.7. The molecule has 12 nitrogen and oxygen atoms in total. The molecule has 0 unspecified atom stereocenters. The van der Waals surface area contributed by atoms with Gasteiger partial charge in [0.1, 0.15) is 36.6 Å². The van der Waals surface area contributed by atoms with E-state index in [1.807, 2.05) is 0 Å². The third-order valence-corrected chi connectivity index (χ3v) is 4.70. The Hall–Kier alpha value is -1.64. The summed E-state index contributed by atoms with van der Waals surface area (Å²) in [5.74, 6) is 0. The molecule has 0 bridgehead atoms. The minimum atomic E-state index is -1.52.